The molecule has 0 aromatic heterocycles. The van der Waals surface area contributed by atoms with Crippen molar-refractivity contribution in [3.63, 3.8) is 0 Å². The second-order valence-electron chi connectivity index (χ2n) is 6.34. The first-order valence-corrected chi connectivity index (χ1v) is 8.61. The summed E-state index contributed by atoms with van der Waals surface area (Å²) in [5.41, 5.74) is 3.15. The number of rotatable bonds is 4. The Hall–Kier alpha value is -0.910. The lowest BCUT2D eigenvalue weighted by Gasteiger charge is -2.33. The van der Waals surface area contributed by atoms with Crippen LogP contribution in [0.15, 0.2) is 16.6 Å². The maximum absolute atomic E-state index is 11.5. The molecule has 1 aliphatic rings. The first kappa shape index (κ1) is 17.4. The molecule has 22 heavy (non-hydrogen) atoms. The van der Waals surface area contributed by atoms with Gasteiger partial charge in [0.05, 0.1) is 11.8 Å². The van der Waals surface area contributed by atoms with Crippen LogP contribution >= 0.6 is 15.9 Å². The highest BCUT2D eigenvalue weighted by Crippen LogP contribution is 2.31. The summed E-state index contributed by atoms with van der Waals surface area (Å²) in [6, 6.07) is 4.64. The van der Waals surface area contributed by atoms with Gasteiger partial charge in [-0.1, -0.05) is 6.07 Å². The fourth-order valence-electron chi connectivity index (χ4n) is 3.15. The van der Waals surface area contributed by atoms with E-state index in [0.717, 1.165) is 48.0 Å². The lowest BCUT2D eigenvalue weighted by atomic mass is 9.92. The Morgan fingerprint density at radius 1 is 1.36 bits per heavy atom. The van der Waals surface area contributed by atoms with Gasteiger partial charge in [0.15, 0.2) is 0 Å². The zero-order valence-electron chi connectivity index (χ0n) is 13.5. The highest BCUT2D eigenvalue weighted by molar-refractivity contribution is 9.10. The molecule has 1 aromatic carbocycles. The smallest absolute Gasteiger partial charge is 0.221 e. The largest absolute Gasteiger partial charge is 0.393 e. The number of hydrogen-bond donors (Lipinski definition) is 2. The molecule has 0 atom stereocenters. The van der Waals surface area contributed by atoms with Gasteiger partial charge in [-0.2, -0.15) is 0 Å². The predicted octanol–water partition coefficient (Wildman–Crippen LogP) is 3.45. The molecule has 0 heterocycles. The average molecular weight is 369 g/mol. The third-order valence-corrected chi connectivity index (χ3v) is 4.95. The van der Waals surface area contributed by atoms with Crippen LogP contribution in [0.2, 0.25) is 0 Å². The molecular weight excluding hydrogens is 344 g/mol. The number of hydrogen-bond acceptors (Lipinski definition) is 3. The molecule has 1 amide bonds. The quantitative estimate of drug-likeness (QED) is 0.855. The fraction of sp³-hybridized carbons (Fsp3) is 0.588. The van der Waals surface area contributed by atoms with Crippen LogP contribution in [0, 0.1) is 6.92 Å². The van der Waals surface area contributed by atoms with Crippen LogP contribution in [-0.2, 0) is 11.3 Å². The number of aliphatic hydroxyl groups is 1. The van der Waals surface area contributed by atoms with Gasteiger partial charge in [0.1, 0.15) is 0 Å². The minimum absolute atomic E-state index is 0.0609. The molecule has 0 bridgehead atoms. The maximum Gasteiger partial charge on any atom is 0.221 e. The van der Waals surface area contributed by atoms with Gasteiger partial charge in [0.2, 0.25) is 5.91 Å². The van der Waals surface area contributed by atoms with Crippen molar-refractivity contribution in [1.29, 1.82) is 0 Å². The molecule has 5 heteroatoms. The van der Waals surface area contributed by atoms with Gasteiger partial charge in [0.25, 0.3) is 0 Å². The molecule has 1 aromatic rings. The van der Waals surface area contributed by atoms with E-state index in [0.29, 0.717) is 6.04 Å². The van der Waals surface area contributed by atoms with E-state index in [2.05, 4.69) is 46.2 Å². The zero-order valence-corrected chi connectivity index (χ0v) is 15.1. The molecular formula is C17H25BrN2O2. The van der Waals surface area contributed by atoms with Crippen LogP contribution in [0.1, 0.15) is 43.7 Å². The SMILES string of the molecule is CC(=O)Nc1c(Br)cc(C)cc1CN(C)C1CCC(O)CC1. The Morgan fingerprint density at radius 3 is 2.59 bits per heavy atom. The minimum atomic E-state index is -0.132. The van der Waals surface area contributed by atoms with Crippen molar-refractivity contribution in [1.82, 2.24) is 4.90 Å². The number of carbonyl (C=O) groups is 1. The Labute approximate surface area is 141 Å². The molecule has 1 aliphatic carbocycles. The first-order valence-electron chi connectivity index (χ1n) is 7.81. The number of nitrogens with one attached hydrogen (secondary N) is 1. The number of amides is 1. The third-order valence-electron chi connectivity index (χ3n) is 4.33. The van der Waals surface area contributed by atoms with E-state index >= 15 is 0 Å². The molecule has 1 fully saturated rings. The number of anilines is 1. The number of benzene rings is 1. The number of aryl methyl sites for hydroxylation is 1. The van der Waals surface area contributed by atoms with E-state index in [4.69, 9.17) is 0 Å². The number of aliphatic hydroxyl groups excluding tert-OH is 1. The van der Waals surface area contributed by atoms with Gasteiger partial charge in [-0.15, -0.1) is 0 Å². The van der Waals surface area contributed by atoms with Gasteiger partial charge >= 0.3 is 0 Å². The number of halogens is 1. The zero-order chi connectivity index (χ0) is 16.3. The van der Waals surface area contributed by atoms with Gasteiger partial charge < -0.3 is 10.4 Å². The Bertz CT molecular complexity index is 540. The topological polar surface area (TPSA) is 52.6 Å². The maximum atomic E-state index is 11.5. The van der Waals surface area contributed by atoms with Crippen molar-refractivity contribution in [2.24, 2.45) is 0 Å². The van der Waals surface area contributed by atoms with Crippen molar-refractivity contribution in [3.05, 3.63) is 27.7 Å². The van der Waals surface area contributed by atoms with Crippen molar-refractivity contribution in [3.8, 4) is 0 Å². The number of nitrogens with zero attached hydrogens (tertiary/aromatic N) is 1. The van der Waals surface area contributed by atoms with Crippen LogP contribution in [0.4, 0.5) is 5.69 Å². The van der Waals surface area contributed by atoms with E-state index in [1.54, 1.807) is 0 Å². The second-order valence-corrected chi connectivity index (χ2v) is 7.19. The Morgan fingerprint density at radius 2 is 2.00 bits per heavy atom. The molecule has 4 nitrogen and oxygen atoms in total. The van der Waals surface area contributed by atoms with Crippen molar-refractivity contribution in [2.45, 2.75) is 58.2 Å². The van der Waals surface area contributed by atoms with Crippen LogP contribution in [0.3, 0.4) is 0 Å². The molecule has 2 N–H and O–H groups in total. The summed E-state index contributed by atoms with van der Waals surface area (Å²) < 4.78 is 0.921. The average Bonchev–Trinajstić information content (AvgIpc) is 2.43. The predicted molar refractivity (Wildman–Crippen MR) is 92.9 cm³/mol. The first-order chi connectivity index (χ1) is 10.4. The normalized spacial score (nSPS) is 21.9. The lowest BCUT2D eigenvalue weighted by molar-refractivity contribution is -0.114. The summed E-state index contributed by atoms with van der Waals surface area (Å²) in [5.74, 6) is -0.0609. The summed E-state index contributed by atoms with van der Waals surface area (Å²) >= 11 is 3.55. The van der Waals surface area contributed by atoms with Gasteiger partial charge in [0, 0.05) is 24.0 Å². The van der Waals surface area contributed by atoms with E-state index in [-0.39, 0.29) is 12.0 Å². The fourth-order valence-corrected chi connectivity index (χ4v) is 3.87. The lowest BCUT2D eigenvalue weighted by Crippen LogP contribution is -2.36. The standard InChI is InChI=1S/C17H25BrN2O2/c1-11-8-13(17(16(18)9-11)19-12(2)21)10-20(3)14-4-6-15(22)7-5-14/h8-9,14-15,22H,4-7,10H2,1-3H3,(H,19,21). The van der Waals surface area contributed by atoms with E-state index in [1.165, 1.54) is 12.5 Å². The molecule has 0 unspecified atom stereocenters. The molecule has 0 radical (unpaired) electrons. The van der Waals surface area contributed by atoms with Crippen LogP contribution in [0.5, 0.6) is 0 Å². The molecule has 1 saturated carbocycles. The molecule has 0 saturated heterocycles. The second kappa shape index (κ2) is 7.57. The Balaban J connectivity index is 2.15. The Kier molecular flexibility index (Phi) is 6.01. The molecule has 0 aliphatic heterocycles. The van der Waals surface area contributed by atoms with Crippen LogP contribution < -0.4 is 5.32 Å². The van der Waals surface area contributed by atoms with Gasteiger partial charge in [-0.05, 0) is 72.8 Å². The van der Waals surface area contributed by atoms with E-state index in [9.17, 15) is 9.90 Å². The highest BCUT2D eigenvalue weighted by atomic mass is 79.9. The summed E-state index contributed by atoms with van der Waals surface area (Å²) in [5, 5.41) is 12.6. The number of carbonyl (C=O) groups excluding carboxylic acids is 1. The summed E-state index contributed by atoms with van der Waals surface area (Å²) in [4.78, 5) is 13.8. The van der Waals surface area contributed by atoms with Gasteiger partial charge in [-0.3, -0.25) is 9.69 Å². The van der Waals surface area contributed by atoms with Crippen molar-refractivity contribution in [2.75, 3.05) is 12.4 Å². The summed E-state index contributed by atoms with van der Waals surface area (Å²) in [6.07, 6.45) is 3.68. The van der Waals surface area contributed by atoms with Crippen LogP contribution in [-0.4, -0.2) is 35.1 Å². The van der Waals surface area contributed by atoms with Crippen molar-refractivity contribution >= 4 is 27.5 Å². The minimum Gasteiger partial charge on any atom is -0.393 e. The van der Waals surface area contributed by atoms with E-state index in [1.807, 2.05) is 6.07 Å². The molecule has 2 rings (SSSR count). The van der Waals surface area contributed by atoms with E-state index < -0.39 is 0 Å². The highest BCUT2D eigenvalue weighted by Gasteiger charge is 2.23. The third kappa shape index (κ3) is 4.54. The van der Waals surface area contributed by atoms with Crippen molar-refractivity contribution < 1.29 is 9.90 Å². The van der Waals surface area contributed by atoms with Crippen LogP contribution in [0.25, 0.3) is 0 Å². The monoisotopic (exact) mass is 368 g/mol. The molecule has 0 spiro atoms. The van der Waals surface area contributed by atoms with Gasteiger partial charge in [-0.25, -0.2) is 0 Å². The summed E-state index contributed by atoms with van der Waals surface area (Å²) in [6.45, 7) is 4.38. The molecule has 122 valence electrons. The summed E-state index contributed by atoms with van der Waals surface area (Å²) in [7, 11) is 2.12.